The first kappa shape index (κ1) is 10.8. The number of carbonyl (C=O) groups excluding carboxylic acids is 2. The van der Waals surface area contributed by atoms with Crippen molar-refractivity contribution in [1.29, 1.82) is 0 Å². The van der Waals surface area contributed by atoms with Crippen LogP contribution in [0.3, 0.4) is 0 Å². The molecule has 3 aliphatic rings. The molecule has 3 fully saturated rings. The normalized spacial score (nSPS) is 41.4. The van der Waals surface area contributed by atoms with Crippen molar-refractivity contribution in [2.24, 2.45) is 17.8 Å². The lowest BCUT2D eigenvalue weighted by molar-refractivity contribution is -0.168. The number of rotatable bonds is 4. The van der Waals surface area contributed by atoms with Gasteiger partial charge < -0.3 is 14.2 Å². The SMILES string of the molecule is C=CC(=O)OCOC1C2CC3C(=O)OC1C3C2. The van der Waals surface area contributed by atoms with Crippen LogP contribution in [0.15, 0.2) is 12.7 Å². The van der Waals surface area contributed by atoms with Crippen LogP contribution in [0.25, 0.3) is 0 Å². The van der Waals surface area contributed by atoms with Gasteiger partial charge in [-0.3, -0.25) is 4.79 Å². The Hall–Kier alpha value is -1.36. The van der Waals surface area contributed by atoms with Crippen molar-refractivity contribution < 1.29 is 23.8 Å². The van der Waals surface area contributed by atoms with Crippen LogP contribution in [0.5, 0.6) is 0 Å². The maximum atomic E-state index is 11.5. The average molecular weight is 238 g/mol. The molecular formula is C12H14O5. The molecule has 2 saturated carbocycles. The topological polar surface area (TPSA) is 61.8 Å². The Morgan fingerprint density at radius 2 is 2.35 bits per heavy atom. The van der Waals surface area contributed by atoms with E-state index in [0.717, 1.165) is 18.9 Å². The van der Waals surface area contributed by atoms with Crippen LogP contribution in [0.2, 0.25) is 0 Å². The van der Waals surface area contributed by atoms with Gasteiger partial charge in [-0.25, -0.2) is 4.79 Å². The first-order chi connectivity index (χ1) is 8.20. The molecule has 0 aromatic carbocycles. The fourth-order valence-electron chi connectivity index (χ4n) is 3.36. The molecule has 3 rings (SSSR count). The van der Waals surface area contributed by atoms with Crippen molar-refractivity contribution >= 4 is 11.9 Å². The summed E-state index contributed by atoms with van der Waals surface area (Å²) in [5.41, 5.74) is 0. The minimum atomic E-state index is -0.505. The van der Waals surface area contributed by atoms with Crippen molar-refractivity contribution in [2.45, 2.75) is 25.0 Å². The van der Waals surface area contributed by atoms with Crippen LogP contribution >= 0.6 is 0 Å². The van der Waals surface area contributed by atoms with Crippen molar-refractivity contribution in [3.8, 4) is 0 Å². The molecule has 92 valence electrons. The molecule has 0 N–H and O–H groups in total. The Morgan fingerprint density at radius 3 is 3.12 bits per heavy atom. The third-order valence-electron chi connectivity index (χ3n) is 4.04. The third-order valence-corrected chi connectivity index (χ3v) is 4.04. The van der Waals surface area contributed by atoms with Gasteiger partial charge in [-0.15, -0.1) is 0 Å². The average Bonchev–Trinajstić information content (AvgIpc) is 2.92. The van der Waals surface area contributed by atoms with Crippen LogP contribution in [-0.4, -0.2) is 30.9 Å². The quantitative estimate of drug-likeness (QED) is 0.408. The molecule has 17 heavy (non-hydrogen) atoms. The van der Waals surface area contributed by atoms with Gasteiger partial charge in [0.2, 0.25) is 0 Å². The summed E-state index contributed by atoms with van der Waals surface area (Å²) in [5, 5.41) is 0. The summed E-state index contributed by atoms with van der Waals surface area (Å²) in [6.45, 7) is 3.20. The lowest BCUT2D eigenvalue weighted by Crippen LogP contribution is -2.35. The highest BCUT2D eigenvalue weighted by Crippen LogP contribution is 2.55. The maximum Gasteiger partial charge on any atom is 0.332 e. The van der Waals surface area contributed by atoms with E-state index in [4.69, 9.17) is 14.2 Å². The number of hydrogen-bond acceptors (Lipinski definition) is 5. The second-order valence-electron chi connectivity index (χ2n) is 4.82. The van der Waals surface area contributed by atoms with Crippen LogP contribution < -0.4 is 0 Å². The molecule has 2 aliphatic carbocycles. The first-order valence-corrected chi connectivity index (χ1v) is 5.82. The van der Waals surface area contributed by atoms with Gasteiger partial charge in [0.1, 0.15) is 12.2 Å². The monoisotopic (exact) mass is 238 g/mol. The van der Waals surface area contributed by atoms with E-state index in [1.165, 1.54) is 0 Å². The second kappa shape index (κ2) is 3.84. The van der Waals surface area contributed by atoms with Gasteiger partial charge in [0.25, 0.3) is 0 Å². The fourth-order valence-corrected chi connectivity index (χ4v) is 3.36. The van der Waals surface area contributed by atoms with E-state index in [1.54, 1.807) is 0 Å². The Kier molecular flexibility index (Phi) is 2.43. The number of hydrogen-bond donors (Lipinski definition) is 0. The van der Waals surface area contributed by atoms with Crippen molar-refractivity contribution in [3.05, 3.63) is 12.7 Å². The molecule has 1 saturated heterocycles. The second-order valence-corrected chi connectivity index (χ2v) is 4.82. The zero-order chi connectivity index (χ0) is 12.0. The van der Waals surface area contributed by atoms with Gasteiger partial charge in [0.15, 0.2) is 6.79 Å². The Morgan fingerprint density at radius 1 is 1.53 bits per heavy atom. The molecule has 0 aromatic heterocycles. The highest BCUT2D eigenvalue weighted by Gasteiger charge is 2.62. The lowest BCUT2D eigenvalue weighted by atomic mass is 9.88. The fraction of sp³-hybridized carbons (Fsp3) is 0.667. The molecule has 2 bridgehead atoms. The van der Waals surface area contributed by atoms with Crippen LogP contribution in [0.4, 0.5) is 0 Å². The van der Waals surface area contributed by atoms with E-state index in [1.807, 2.05) is 0 Å². The van der Waals surface area contributed by atoms with E-state index in [0.29, 0.717) is 11.8 Å². The molecule has 5 unspecified atom stereocenters. The molecule has 0 amide bonds. The highest BCUT2D eigenvalue weighted by molar-refractivity contribution is 5.81. The Bertz CT molecular complexity index is 377. The zero-order valence-electron chi connectivity index (χ0n) is 9.33. The van der Waals surface area contributed by atoms with Crippen LogP contribution in [-0.2, 0) is 23.8 Å². The summed E-state index contributed by atoms with van der Waals surface area (Å²) in [4.78, 5) is 22.3. The van der Waals surface area contributed by atoms with E-state index < -0.39 is 5.97 Å². The van der Waals surface area contributed by atoms with Crippen LogP contribution in [0.1, 0.15) is 12.8 Å². The predicted octanol–water partition coefficient (Wildman–Crippen LogP) is 0.640. The highest BCUT2D eigenvalue weighted by atomic mass is 16.7. The van der Waals surface area contributed by atoms with E-state index in [2.05, 4.69) is 6.58 Å². The van der Waals surface area contributed by atoms with Gasteiger partial charge in [-0.1, -0.05) is 6.58 Å². The molecule has 0 aromatic rings. The minimum Gasteiger partial charge on any atom is -0.459 e. The van der Waals surface area contributed by atoms with E-state index in [9.17, 15) is 9.59 Å². The van der Waals surface area contributed by atoms with E-state index in [-0.39, 0.29) is 30.9 Å². The summed E-state index contributed by atoms with van der Waals surface area (Å²) in [6, 6.07) is 0. The summed E-state index contributed by atoms with van der Waals surface area (Å²) in [6.07, 6.45) is 2.69. The van der Waals surface area contributed by atoms with Gasteiger partial charge in [-0.2, -0.15) is 0 Å². The molecule has 0 spiro atoms. The number of fused-ring (bicyclic) bond motifs is 1. The van der Waals surface area contributed by atoms with Crippen LogP contribution in [0, 0.1) is 17.8 Å². The standard InChI is InChI=1S/C12H14O5/c1-2-9(13)15-5-16-10-6-3-7-8(4-6)12(14)17-11(7)10/h2,6-8,10-11H,1,3-5H2. The zero-order valence-corrected chi connectivity index (χ0v) is 9.33. The number of esters is 2. The minimum absolute atomic E-state index is 0.0839. The predicted molar refractivity (Wildman–Crippen MR) is 55.6 cm³/mol. The van der Waals surface area contributed by atoms with Gasteiger partial charge in [0.05, 0.1) is 5.92 Å². The molecule has 0 radical (unpaired) electrons. The van der Waals surface area contributed by atoms with Gasteiger partial charge in [-0.05, 0) is 18.8 Å². The van der Waals surface area contributed by atoms with Gasteiger partial charge >= 0.3 is 11.9 Å². The largest absolute Gasteiger partial charge is 0.459 e. The van der Waals surface area contributed by atoms with Gasteiger partial charge in [0, 0.05) is 12.0 Å². The smallest absolute Gasteiger partial charge is 0.332 e. The molecule has 1 heterocycles. The Balaban J connectivity index is 1.57. The molecule has 5 heteroatoms. The summed E-state index contributed by atoms with van der Waals surface area (Å²) in [7, 11) is 0. The Labute approximate surface area is 98.7 Å². The van der Waals surface area contributed by atoms with Crippen molar-refractivity contribution in [1.82, 2.24) is 0 Å². The molecule has 5 atom stereocenters. The first-order valence-electron chi connectivity index (χ1n) is 5.82. The molecule has 1 aliphatic heterocycles. The summed E-state index contributed by atoms with van der Waals surface area (Å²) < 4.78 is 15.6. The van der Waals surface area contributed by atoms with Crippen molar-refractivity contribution in [3.63, 3.8) is 0 Å². The molecular weight excluding hydrogens is 224 g/mol. The number of ether oxygens (including phenoxy) is 3. The number of carbonyl (C=O) groups is 2. The van der Waals surface area contributed by atoms with Crippen molar-refractivity contribution in [2.75, 3.05) is 6.79 Å². The summed E-state index contributed by atoms with van der Waals surface area (Å²) in [5.74, 6) is 0.170. The van der Waals surface area contributed by atoms with E-state index >= 15 is 0 Å². The maximum absolute atomic E-state index is 11.5. The third kappa shape index (κ3) is 1.57. The lowest BCUT2D eigenvalue weighted by Gasteiger charge is -2.24. The molecule has 5 nitrogen and oxygen atoms in total. The summed E-state index contributed by atoms with van der Waals surface area (Å²) >= 11 is 0.